The number of rotatable bonds is 10. The number of carbonyl (C=O) groups excluding carboxylic acids is 4. The molecule has 0 aromatic rings. The third kappa shape index (κ3) is 8.30. The maximum atomic E-state index is 11.6. The van der Waals surface area contributed by atoms with Crippen molar-refractivity contribution in [1.29, 1.82) is 0 Å². The molecule has 0 fully saturated rings. The summed E-state index contributed by atoms with van der Waals surface area (Å²) in [4.78, 5) is 49.2. The first kappa shape index (κ1) is 21.6. The zero-order chi connectivity index (χ0) is 18.5. The Balaban J connectivity index is 4.19. The van der Waals surface area contributed by atoms with Crippen LogP contribution in [0.25, 0.3) is 0 Å². The zero-order valence-electron chi connectivity index (χ0n) is 14.7. The van der Waals surface area contributed by atoms with E-state index in [4.69, 9.17) is 9.47 Å². The Labute approximate surface area is 142 Å². The molecule has 0 spiro atoms. The molecule has 0 unspecified atom stereocenters. The van der Waals surface area contributed by atoms with E-state index in [2.05, 4.69) is 0 Å². The van der Waals surface area contributed by atoms with Crippen LogP contribution in [0.1, 0.15) is 27.7 Å². The molecule has 2 amide bonds. The highest BCUT2D eigenvalue weighted by Gasteiger charge is 2.13. The van der Waals surface area contributed by atoms with Crippen LogP contribution in [0.2, 0.25) is 0 Å². The second-order valence-electron chi connectivity index (χ2n) is 4.68. The molecule has 0 saturated carbocycles. The van der Waals surface area contributed by atoms with Crippen LogP contribution in [0.5, 0.6) is 0 Å². The van der Waals surface area contributed by atoms with Gasteiger partial charge in [-0.2, -0.15) is 0 Å². The lowest BCUT2D eigenvalue weighted by Crippen LogP contribution is -2.34. The smallest absolute Gasteiger partial charge is 0.331 e. The first-order valence-electron chi connectivity index (χ1n) is 7.96. The zero-order valence-corrected chi connectivity index (χ0v) is 14.7. The Morgan fingerprint density at radius 3 is 1.21 bits per heavy atom. The molecular formula is C16H26N2O6. The van der Waals surface area contributed by atoms with Crippen LogP contribution in [0, 0.1) is 0 Å². The van der Waals surface area contributed by atoms with Gasteiger partial charge in [-0.25, -0.2) is 9.59 Å². The van der Waals surface area contributed by atoms with Crippen molar-refractivity contribution in [3.05, 3.63) is 12.2 Å². The fourth-order valence-corrected chi connectivity index (χ4v) is 1.83. The summed E-state index contributed by atoms with van der Waals surface area (Å²) in [5.74, 6) is -2.28. The fourth-order valence-electron chi connectivity index (χ4n) is 1.83. The molecule has 0 bridgehead atoms. The third-order valence-electron chi connectivity index (χ3n) is 3.26. The van der Waals surface area contributed by atoms with Crippen molar-refractivity contribution in [2.24, 2.45) is 0 Å². The molecule has 8 nitrogen and oxygen atoms in total. The molecule has 0 saturated heterocycles. The molecule has 0 heterocycles. The number of ether oxygens (including phenoxy) is 2. The quantitative estimate of drug-likeness (QED) is 0.420. The van der Waals surface area contributed by atoms with Gasteiger partial charge in [-0.1, -0.05) is 0 Å². The van der Waals surface area contributed by atoms with Gasteiger partial charge in [0.05, 0.1) is 0 Å². The van der Waals surface area contributed by atoms with Gasteiger partial charge in [-0.05, 0) is 27.7 Å². The van der Waals surface area contributed by atoms with Gasteiger partial charge in [0.25, 0.3) is 11.8 Å². The van der Waals surface area contributed by atoms with Crippen LogP contribution < -0.4 is 0 Å². The van der Waals surface area contributed by atoms with Crippen LogP contribution in [0.15, 0.2) is 12.2 Å². The number of nitrogens with zero attached hydrogens (tertiary/aromatic N) is 2. The van der Waals surface area contributed by atoms with Gasteiger partial charge >= 0.3 is 11.9 Å². The van der Waals surface area contributed by atoms with Gasteiger partial charge < -0.3 is 19.3 Å². The van der Waals surface area contributed by atoms with Gasteiger partial charge in [-0.15, -0.1) is 0 Å². The van der Waals surface area contributed by atoms with Crippen molar-refractivity contribution in [1.82, 2.24) is 9.80 Å². The van der Waals surface area contributed by atoms with E-state index in [1.54, 1.807) is 0 Å². The lowest BCUT2D eigenvalue weighted by molar-refractivity contribution is -0.149. The van der Waals surface area contributed by atoms with Crippen LogP contribution in [0.3, 0.4) is 0 Å². The summed E-state index contributed by atoms with van der Waals surface area (Å²) in [5.41, 5.74) is 0. The van der Waals surface area contributed by atoms with Gasteiger partial charge in [0.1, 0.15) is 0 Å². The van der Waals surface area contributed by atoms with E-state index in [1.165, 1.54) is 9.80 Å². The largest absolute Gasteiger partial charge is 0.452 e. The molecule has 0 aromatic heterocycles. The topological polar surface area (TPSA) is 93.2 Å². The molecular weight excluding hydrogens is 316 g/mol. The summed E-state index contributed by atoms with van der Waals surface area (Å²) in [6.07, 6.45) is 1.72. The Morgan fingerprint density at radius 1 is 0.667 bits per heavy atom. The molecule has 136 valence electrons. The minimum Gasteiger partial charge on any atom is -0.452 e. The summed E-state index contributed by atoms with van der Waals surface area (Å²) in [5, 5.41) is 0. The van der Waals surface area contributed by atoms with Gasteiger partial charge in [0.2, 0.25) is 0 Å². The average molecular weight is 342 g/mol. The van der Waals surface area contributed by atoms with Crippen LogP contribution in [-0.2, 0) is 28.7 Å². The molecule has 0 N–H and O–H groups in total. The highest BCUT2D eigenvalue weighted by molar-refractivity contribution is 5.93. The predicted molar refractivity (Wildman–Crippen MR) is 86.9 cm³/mol. The third-order valence-corrected chi connectivity index (χ3v) is 3.26. The van der Waals surface area contributed by atoms with E-state index < -0.39 is 11.9 Å². The van der Waals surface area contributed by atoms with Crippen molar-refractivity contribution >= 4 is 23.8 Å². The highest BCUT2D eigenvalue weighted by Crippen LogP contribution is 1.93. The van der Waals surface area contributed by atoms with Crippen LogP contribution in [0.4, 0.5) is 0 Å². The summed E-state index contributed by atoms with van der Waals surface area (Å²) >= 11 is 0. The molecule has 0 aromatic carbocycles. The Morgan fingerprint density at radius 2 is 0.958 bits per heavy atom. The summed E-state index contributed by atoms with van der Waals surface area (Å²) in [7, 11) is 0. The first-order chi connectivity index (χ1) is 11.4. The number of likely N-dealkylation sites (N-methyl/N-ethyl adjacent to an activating group) is 2. The Kier molecular flexibility index (Phi) is 10.9. The molecule has 8 heteroatoms. The number of hydrogen-bond acceptors (Lipinski definition) is 6. The van der Waals surface area contributed by atoms with Crippen molar-refractivity contribution in [2.75, 3.05) is 39.4 Å². The maximum absolute atomic E-state index is 11.6. The molecule has 0 aliphatic carbocycles. The van der Waals surface area contributed by atoms with Crippen molar-refractivity contribution in [3.63, 3.8) is 0 Å². The minimum atomic E-state index is -0.831. The van der Waals surface area contributed by atoms with Gasteiger partial charge in [0.15, 0.2) is 13.2 Å². The molecule has 0 rings (SSSR count). The second-order valence-corrected chi connectivity index (χ2v) is 4.68. The van der Waals surface area contributed by atoms with E-state index in [9.17, 15) is 19.2 Å². The minimum absolute atomic E-state index is 0.311. The van der Waals surface area contributed by atoms with Crippen molar-refractivity contribution in [3.8, 4) is 0 Å². The van der Waals surface area contributed by atoms with Crippen LogP contribution >= 0.6 is 0 Å². The standard InChI is InChI=1S/C16H26N2O6/c1-5-17(6-2)13(19)11-23-15(21)9-10-16(22)24-12-14(20)18(7-3)8-4/h9-10H,5-8,11-12H2,1-4H3/b10-9+. The second kappa shape index (κ2) is 12.1. The van der Waals surface area contributed by atoms with E-state index in [-0.39, 0.29) is 25.0 Å². The van der Waals surface area contributed by atoms with Crippen LogP contribution in [-0.4, -0.2) is 72.9 Å². The van der Waals surface area contributed by atoms with E-state index in [1.807, 2.05) is 27.7 Å². The van der Waals surface area contributed by atoms with Gasteiger partial charge in [-0.3, -0.25) is 9.59 Å². The summed E-state index contributed by atoms with van der Waals surface area (Å²) in [6.45, 7) is 8.59. The van der Waals surface area contributed by atoms with E-state index in [0.717, 1.165) is 12.2 Å². The Bertz CT molecular complexity index is 425. The number of esters is 2. The van der Waals surface area contributed by atoms with E-state index >= 15 is 0 Å². The normalized spacial score (nSPS) is 10.3. The molecule has 0 aliphatic heterocycles. The number of amides is 2. The van der Waals surface area contributed by atoms with E-state index in [0.29, 0.717) is 26.2 Å². The molecule has 0 atom stereocenters. The van der Waals surface area contributed by atoms with Gasteiger partial charge in [0, 0.05) is 38.3 Å². The average Bonchev–Trinajstić information content (AvgIpc) is 2.58. The monoisotopic (exact) mass is 342 g/mol. The molecule has 0 radical (unpaired) electrons. The van der Waals surface area contributed by atoms with Crippen molar-refractivity contribution < 1.29 is 28.7 Å². The van der Waals surface area contributed by atoms with Crippen molar-refractivity contribution in [2.45, 2.75) is 27.7 Å². The lowest BCUT2D eigenvalue weighted by Gasteiger charge is -2.18. The highest BCUT2D eigenvalue weighted by atomic mass is 16.5. The molecule has 0 aliphatic rings. The fraction of sp³-hybridized carbons (Fsp3) is 0.625. The summed E-state index contributed by atoms with van der Waals surface area (Å²) < 4.78 is 9.48. The molecule has 24 heavy (non-hydrogen) atoms. The first-order valence-corrected chi connectivity index (χ1v) is 7.96. The lowest BCUT2D eigenvalue weighted by atomic mass is 10.4. The maximum Gasteiger partial charge on any atom is 0.331 e. The predicted octanol–water partition coefficient (Wildman–Crippen LogP) is 0.366. The Hall–Kier alpha value is -2.38. The number of carbonyl (C=O) groups is 4. The number of hydrogen-bond donors (Lipinski definition) is 0. The summed E-state index contributed by atoms with van der Waals surface area (Å²) in [6, 6.07) is 0. The SMILES string of the molecule is CCN(CC)C(=O)COC(=O)/C=C/C(=O)OCC(=O)N(CC)CC.